The van der Waals surface area contributed by atoms with Gasteiger partial charge in [-0.2, -0.15) is 0 Å². The predicted molar refractivity (Wildman–Crippen MR) is 270 cm³/mol. The zero-order chi connectivity index (χ0) is 51.2. The molecule has 2 bridgehead atoms. The van der Waals surface area contributed by atoms with Crippen LogP contribution in [0.3, 0.4) is 0 Å². The lowest BCUT2D eigenvalue weighted by atomic mass is 9.75. The number of hydrogen-bond acceptors (Lipinski definition) is 12. The minimum atomic E-state index is -1.29. The summed E-state index contributed by atoms with van der Waals surface area (Å²) in [6.45, 7) is 22.0. The third kappa shape index (κ3) is 22.3. The quantitative estimate of drug-likeness (QED) is 0.0173. The van der Waals surface area contributed by atoms with E-state index >= 15 is 0 Å². The normalized spacial score (nSPS) is 26.4. The van der Waals surface area contributed by atoms with E-state index in [0.717, 1.165) is 24.8 Å². The number of ether oxygens (including phenoxy) is 3. The maximum atomic E-state index is 13.1. The van der Waals surface area contributed by atoms with E-state index < -0.39 is 77.7 Å². The molecule has 0 saturated carbocycles. The molecule has 12 heteroatoms. The summed E-state index contributed by atoms with van der Waals surface area (Å²) >= 11 is 0. The van der Waals surface area contributed by atoms with Gasteiger partial charge < -0.3 is 44.8 Å². The van der Waals surface area contributed by atoms with Crippen molar-refractivity contribution in [2.45, 2.75) is 277 Å². The van der Waals surface area contributed by atoms with Gasteiger partial charge in [0.1, 0.15) is 23.9 Å². The number of aliphatic hydroxyl groups excluding tert-OH is 6. The SMILES string of the molecule is C=C(CC(CC(O)C(C)C(O)CC(O)C(C)(C)C(O)C/C(C)=C/C(O)C1(C)OC2CC(C)CC(O)CC(C)CC(C)=CC(=O)OC1C2)OC(=O)CCCCCCCCCCCCCCC)C(C)=O. The van der Waals surface area contributed by atoms with E-state index in [2.05, 4.69) is 27.4 Å². The number of allylic oxidation sites excluding steroid dienone is 1. The molecule has 1 fully saturated rings. The second kappa shape index (κ2) is 31.1. The number of Topliss-reactive ketones (excluding diaryl/α,β-unsaturated/α-hetero) is 1. The molecular formula is C56H98O12. The molecule has 0 aliphatic carbocycles. The first-order chi connectivity index (χ1) is 31.9. The van der Waals surface area contributed by atoms with Crippen molar-refractivity contribution in [3.63, 3.8) is 0 Å². The summed E-state index contributed by atoms with van der Waals surface area (Å²) in [6, 6.07) is 0. The zero-order valence-corrected chi connectivity index (χ0v) is 44.2. The Hall–Kier alpha value is -2.45. The predicted octanol–water partition coefficient (Wildman–Crippen LogP) is 10.1. The van der Waals surface area contributed by atoms with Gasteiger partial charge >= 0.3 is 11.9 Å². The first-order valence-corrected chi connectivity index (χ1v) is 26.6. The molecule has 0 radical (unpaired) electrons. The second-order valence-electron chi connectivity index (χ2n) is 22.3. The molecule has 1 saturated heterocycles. The molecule has 68 heavy (non-hydrogen) atoms. The van der Waals surface area contributed by atoms with Crippen LogP contribution in [-0.4, -0.2) is 109 Å². The first kappa shape index (κ1) is 61.7. The lowest BCUT2D eigenvalue weighted by molar-refractivity contribution is -0.164. The van der Waals surface area contributed by atoms with Crippen LogP contribution < -0.4 is 0 Å². The van der Waals surface area contributed by atoms with Gasteiger partial charge in [0, 0.05) is 49.5 Å². The number of unbranched alkanes of at least 4 members (excludes halogenated alkanes) is 12. The van der Waals surface area contributed by atoms with Crippen LogP contribution in [0.5, 0.6) is 0 Å². The third-order valence-corrected chi connectivity index (χ3v) is 15.0. The molecule has 13 atom stereocenters. The Morgan fingerprint density at radius 2 is 1.38 bits per heavy atom. The highest BCUT2D eigenvalue weighted by Crippen LogP contribution is 2.41. The van der Waals surface area contributed by atoms with Crippen molar-refractivity contribution in [1.82, 2.24) is 0 Å². The van der Waals surface area contributed by atoms with Gasteiger partial charge in [0.05, 0.1) is 36.6 Å². The summed E-state index contributed by atoms with van der Waals surface area (Å²) in [7, 11) is 0. The molecule has 2 aliphatic heterocycles. The van der Waals surface area contributed by atoms with E-state index in [1.54, 1.807) is 40.7 Å². The summed E-state index contributed by atoms with van der Waals surface area (Å²) < 4.78 is 18.3. The Morgan fingerprint density at radius 3 is 1.96 bits per heavy atom. The fraction of sp³-hybridized carbons (Fsp3) is 0.839. The van der Waals surface area contributed by atoms with Crippen molar-refractivity contribution in [3.8, 4) is 0 Å². The van der Waals surface area contributed by atoms with Crippen LogP contribution in [0, 0.1) is 23.2 Å². The average Bonchev–Trinajstić information content (AvgIpc) is 3.55. The van der Waals surface area contributed by atoms with E-state index in [0.29, 0.717) is 44.1 Å². The Kier molecular flexibility index (Phi) is 28.2. The van der Waals surface area contributed by atoms with Crippen molar-refractivity contribution in [3.05, 3.63) is 35.5 Å². The van der Waals surface area contributed by atoms with E-state index in [1.165, 1.54) is 70.8 Å². The Morgan fingerprint density at radius 1 is 0.838 bits per heavy atom. The van der Waals surface area contributed by atoms with Crippen molar-refractivity contribution in [2.24, 2.45) is 23.2 Å². The third-order valence-electron chi connectivity index (χ3n) is 15.0. The molecule has 0 aromatic carbocycles. The van der Waals surface area contributed by atoms with E-state index in [9.17, 15) is 45.0 Å². The number of rotatable bonds is 30. The number of esters is 2. The van der Waals surface area contributed by atoms with Gasteiger partial charge in [-0.3, -0.25) is 9.59 Å². The van der Waals surface area contributed by atoms with Gasteiger partial charge in [-0.1, -0.05) is 142 Å². The minimum Gasteiger partial charge on any atom is -0.462 e. The van der Waals surface area contributed by atoms with Crippen molar-refractivity contribution in [1.29, 1.82) is 0 Å². The Bertz CT molecular complexity index is 1570. The number of fused-ring (bicyclic) bond motifs is 2. The lowest BCUT2D eigenvalue weighted by Gasteiger charge is -2.38. The van der Waals surface area contributed by atoms with Gasteiger partial charge in [0.15, 0.2) is 5.78 Å². The van der Waals surface area contributed by atoms with Crippen molar-refractivity contribution in [2.75, 3.05) is 0 Å². The lowest BCUT2D eigenvalue weighted by Crippen LogP contribution is -2.48. The minimum absolute atomic E-state index is 0.0372. The molecule has 2 rings (SSSR count). The monoisotopic (exact) mass is 963 g/mol. The summed E-state index contributed by atoms with van der Waals surface area (Å²) in [5, 5.41) is 68.1. The molecule has 2 heterocycles. The summed E-state index contributed by atoms with van der Waals surface area (Å²) in [4.78, 5) is 38.1. The smallest absolute Gasteiger partial charge is 0.331 e. The van der Waals surface area contributed by atoms with Crippen LogP contribution >= 0.6 is 0 Å². The first-order valence-electron chi connectivity index (χ1n) is 26.6. The molecule has 13 unspecified atom stereocenters. The highest BCUT2D eigenvalue weighted by Gasteiger charge is 2.52. The molecule has 2 aliphatic rings. The summed E-state index contributed by atoms with van der Waals surface area (Å²) in [5.74, 6) is -1.59. The van der Waals surface area contributed by atoms with Gasteiger partial charge in [0.25, 0.3) is 0 Å². The standard InChI is InChI=1S/C56H98O12/c1-12-13-14-15-16-17-18-19-20-21-22-23-24-25-53(64)66-45(33-41(6)43(8)57)34-47(59)42(7)48(60)36-50(62)55(9,10)49(61)30-40(5)31-51(63)56(11)52-35-46(68-56)29-39(4)28-44(58)27-37(2)26-38(3)32-54(65)67-52/h31-32,37,39,42,44-52,58-63H,6,12-30,33-36H2,1-5,7-11H3/b38-32?,40-31+. The summed E-state index contributed by atoms with van der Waals surface area (Å²) in [6.07, 6.45) is 13.4. The zero-order valence-electron chi connectivity index (χ0n) is 44.2. The fourth-order valence-corrected chi connectivity index (χ4v) is 10.1. The number of carbonyl (C=O) groups is 3. The number of carbonyl (C=O) groups excluding carboxylic acids is 3. The molecule has 6 N–H and O–H groups in total. The molecule has 0 spiro atoms. The van der Waals surface area contributed by atoms with Crippen LogP contribution in [-0.2, 0) is 28.6 Å². The van der Waals surface area contributed by atoms with Crippen LogP contribution in [0.1, 0.15) is 217 Å². The van der Waals surface area contributed by atoms with Gasteiger partial charge in [0.2, 0.25) is 0 Å². The largest absolute Gasteiger partial charge is 0.462 e. The van der Waals surface area contributed by atoms with Crippen molar-refractivity contribution < 1.29 is 59.2 Å². The second-order valence-corrected chi connectivity index (χ2v) is 22.3. The van der Waals surface area contributed by atoms with E-state index in [-0.39, 0.29) is 61.4 Å². The Balaban J connectivity index is 1.98. The maximum Gasteiger partial charge on any atom is 0.331 e. The van der Waals surface area contributed by atoms with Gasteiger partial charge in [-0.15, -0.1) is 0 Å². The molecular weight excluding hydrogens is 865 g/mol. The fourth-order valence-electron chi connectivity index (χ4n) is 10.1. The van der Waals surface area contributed by atoms with Gasteiger partial charge in [-0.25, -0.2) is 4.79 Å². The number of hydrogen-bond donors (Lipinski definition) is 6. The molecule has 0 aromatic rings. The number of aliphatic hydroxyl groups is 6. The maximum absolute atomic E-state index is 13.1. The topological polar surface area (TPSA) is 200 Å². The van der Waals surface area contributed by atoms with Crippen molar-refractivity contribution >= 4 is 17.7 Å². The molecule has 394 valence electrons. The van der Waals surface area contributed by atoms with Crippen LogP contribution in [0.2, 0.25) is 0 Å². The van der Waals surface area contributed by atoms with Crippen LogP contribution in [0.4, 0.5) is 0 Å². The summed E-state index contributed by atoms with van der Waals surface area (Å²) in [5.41, 5.74) is -0.700. The van der Waals surface area contributed by atoms with E-state index in [4.69, 9.17) is 14.2 Å². The highest BCUT2D eigenvalue weighted by molar-refractivity contribution is 5.92. The van der Waals surface area contributed by atoms with Crippen LogP contribution in [0.15, 0.2) is 35.5 Å². The average molecular weight is 963 g/mol. The van der Waals surface area contributed by atoms with Gasteiger partial charge in [-0.05, 0) is 83.6 Å². The van der Waals surface area contributed by atoms with Crippen LogP contribution in [0.25, 0.3) is 0 Å². The molecule has 12 nitrogen and oxygen atoms in total. The molecule has 0 aromatic heterocycles. The van der Waals surface area contributed by atoms with E-state index in [1.807, 2.05) is 6.92 Å². The highest BCUT2D eigenvalue weighted by atomic mass is 16.6. The Labute approximate surface area is 411 Å². The number of ketones is 1. The molecule has 0 amide bonds.